The van der Waals surface area contributed by atoms with Crippen LogP contribution in [0.25, 0.3) is 0 Å². The van der Waals surface area contributed by atoms with E-state index < -0.39 is 19.9 Å². The molecule has 0 aliphatic heterocycles. The largest absolute Gasteiger partial charge is 0.316 e. The molecule has 120 valence electrons. The van der Waals surface area contributed by atoms with Gasteiger partial charge in [0.25, 0.3) is 0 Å². The minimum absolute atomic E-state index is 0.0775. The highest BCUT2D eigenvalue weighted by Crippen LogP contribution is 2.25. The van der Waals surface area contributed by atoms with E-state index in [4.69, 9.17) is 0 Å². The molecule has 0 atom stereocenters. The number of sulfone groups is 1. The number of nitrogens with one attached hydrogen (secondary N) is 1. The highest BCUT2D eigenvalue weighted by atomic mass is 79.9. The van der Waals surface area contributed by atoms with Crippen molar-refractivity contribution in [2.45, 2.75) is 11.4 Å². The molecule has 0 unspecified atom stereocenters. The minimum Gasteiger partial charge on any atom is -0.316 e. The molecule has 0 amide bonds. The van der Waals surface area contributed by atoms with E-state index in [9.17, 15) is 16.8 Å². The van der Waals surface area contributed by atoms with Crippen molar-refractivity contribution in [3.05, 3.63) is 28.2 Å². The van der Waals surface area contributed by atoms with Crippen LogP contribution in [-0.4, -0.2) is 53.8 Å². The quantitative estimate of drug-likeness (QED) is 0.735. The van der Waals surface area contributed by atoms with E-state index >= 15 is 0 Å². The molecule has 0 radical (unpaired) electrons. The van der Waals surface area contributed by atoms with E-state index in [1.165, 1.54) is 13.1 Å². The maximum absolute atomic E-state index is 12.4. The Balaban J connectivity index is 3.02. The van der Waals surface area contributed by atoms with Crippen molar-refractivity contribution in [3.63, 3.8) is 0 Å². The Labute approximate surface area is 134 Å². The number of sulfonamides is 1. The molecule has 0 fully saturated rings. The normalized spacial score (nSPS) is 12.8. The highest BCUT2D eigenvalue weighted by Gasteiger charge is 2.24. The van der Waals surface area contributed by atoms with Crippen molar-refractivity contribution in [1.82, 2.24) is 9.62 Å². The van der Waals surface area contributed by atoms with E-state index in [-0.39, 0.29) is 17.2 Å². The molecule has 1 N–H and O–H groups in total. The second-order valence-electron chi connectivity index (χ2n) is 4.75. The lowest BCUT2D eigenvalue weighted by Gasteiger charge is -2.18. The first-order valence-corrected chi connectivity index (χ1v) is 10.4. The van der Waals surface area contributed by atoms with Gasteiger partial charge in [-0.1, -0.05) is 6.07 Å². The average Bonchev–Trinajstić information content (AvgIpc) is 2.35. The van der Waals surface area contributed by atoms with Gasteiger partial charge in [0.15, 0.2) is 0 Å². The van der Waals surface area contributed by atoms with Crippen LogP contribution in [0.3, 0.4) is 0 Å². The summed E-state index contributed by atoms with van der Waals surface area (Å²) in [6.45, 7) is 0.550. The Hall–Kier alpha value is -0.480. The first-order valence-electron chi connectivity index (χ1n) is 6.15. The van der Waals surface area contributed by atoms with Gasteiger partial charge >= 0.3 is 0 Å². The fraction of sp³-hybridized carbons (Fsp3) is 0.500. The van der Waals surface area contributed by atoms with Crippen molar-refractivity contribution in [2.24, 2.45) is 0 Å². The molecular weight excluding hydrogens is 380 g/mol. The van der Waals surface area contributed by atoms with Crippen LogP contribution in [0.2, 0.25) is 0 Å². The number of rotatable bonds is 7. The second-order valence-corrected chi connectivity index (χ2v) is 9.88. The van der Waals surface area contributed by atoms with E-state index in [0.717, 1.165) is 16.1 Å². The van der Waals surface area contributed by atoms with Gasteiger partial charge in [-0.15, -0.1) is 0 Å². The van der Waals surface area contributed by atoms with Crippen LogP contribution in [0.15, 0.2) is 27.6 Å². The molecule has 0 aromatic heterocycles. The van der Waals surface area contributed by atoms with E-state index in [2.05, 4.69) is 21.2 Å². The van der Waals surface area contributed by atoms with Gasteiger partial charge in [-0.25, -0.2) is 16.8 Å². The van der Waals surface area contributed by atoms with Gasteiger partial charge in [-0.3, -0.25) is 0 Å². The summed E-state index contributed by atoms with van der Waals surface area (Å²) in [5.41, 5.74) is 0.946. The summed E-state index contributed by atoms with van der Waals surface area (Å²) < 4.78 is 48.6. The number of benzene rings is 1. The molecule has 0 bridgehead atoms. The predicted molar refractivity (Wildman–Crippen MR) is 86.4 cm³/mol. The van der Waals surface area contributed by atoms with Crippen LogP contribution in [-0.2, 0) is 26.4 Å². The third-order valence-corrected chi connectivity index (χ3v) is 6.60. The van der Waals surface area contributed by atoms with Gasteiger partial charge in [-0.2, -0.15) is 4.31 Å². The molecule has 9 heteroatoms. The minimum atomic E-state index is -3.72. The topological polar surface area (TPSA) is 83.6 Å². The fourth-order valence-corrected chi connectivity index (χ4v) is 4.62. The summed E-state index contributed by atoms with van der Waals surface area (Å²) in [7, 11) is -3.76. The standard InChI is InChI=1S/C12H19BrN2O4S2/c1-14-9-10-4-5-12(11(13)8-10)21(18,19)15(2)6-7-20(3,16)17/h4-5,8,14H,6-7,9H2,1-3H3. The zero-order valence-electron chi connectivity index (χ0n) is 12.1. The Morgan fingerprint density at radius 3 is 2.33 bits per heavy atom. The Bertz CT molecular complexity index is 702. The highest BCUT2D eigenvalue weighted by molar-refractivity contribution is 9.10. The summed E-state index contributed by atoms with van der Waals surface area (Å²) in [6, 6.07) is 4.97. The lowest BCUT2D eigenvalue weighted by molar-refractivity contribution is 0.484. The van der Waals surface area contributed by atoms with E-state index in [1.54, 1.807) is 19.2 Å². The number of hydrogen-bond acceptors (Lipinski definition) is 5. The monoisotopic (exact) mass is 398 g/mol. The molecule has 6 nitrogen and oxygen atoms in total. The average molecular weight is 399 g/mol. The molecule has 1 aromatic carbocycles. The molecule has 21 heavy (non-hydrogen) atoms. The van der Waals surface area contributed by atoms with Gasteiger partial charge in [0, 0.05) is 30.9 Å². The SMILES string of the molecule is CNCc1ccc(S(=O)(=O)N(C)CCS(C)(=O)=O)c(Br)c1. The Morgan fingerprint density at radius 1 is 1.24 bits per heavy atom. The maximum Gasteiger partial charge on any atom is 0.243 e. The molecule has 0 aliphatic carbocycles. The summed E-state index contributed by atoms with van der Waals surface area (Å²) in [4.78, 5) is 0.123. The van der Waals surface area contributed by atoms with Gasteiger partial charge in [0.1, 0.15) is 9.84 Å². The lowest BCUT2D eigenvalue weighted by Crippen LogP contribution is -2.31. The maximum atomic E-state index is 12.4. The summed E-state index contributed by atoms with van der Waals surface area (Å²) in [5.74, 6) is -0.210. The van der Waals surface area contributed by atoms with Crippen LogP contribution in [0.1, 0.15) is 5.56 Å². The number of hydrogen-bond donors (Lipinski definition) is 1. The van der Waals surface area contributed by atoms with E-state index in [0.29, 0.717) is 11.0 Å². The molecule has 1 rings (SSSR count). The zero-order valence-corrected chi connectivity index (χ0v) is 15.3. The van der Waals surface area contributed by atoms with Gasteiger partial charge in [0.05, 0.1) is 10.6 Å². The number of nitrogens with zero attached hydrogens (tertiary/aromatic N) is 1. The van der Waals surface area contributed by atoms with Gasteiger partial charge in [0.2, 0.25) is 10.0 Å². The van der Waals surface area contributed by atoms with Crippen LogP contribution in [0.5, 0.6) is 0 Å². The lowest BCUT2D eigenvalue weighted by atomic mass is 10.2. The van der Waals surface area contributed by atoms with Crippen LogP contribution in [0.4, 0.5) is 0 Å². The van der Waals surface area contributed by atoms with Crippen LogP contribution < -0.4 is 5.32 Å². The third kappa shape index (κ3) is 5.33. The second kappa shape index (κ2) is 7.19. The van der Waals surface area contributed by atoms with Gasteiger partial charge < -0.3 is 5.32 Å². The molecule has 1 aromatic rings. The summed E-state index contributed by atoms with van der Waals surface area (Å²) in [6.07, 6.45) is 1.08. The summed E-state index contributed by atoms with van der Waals surface area (Å²) >= 11 is 3.26. The third-order valence-electron chi connectivity index (χ3n) is 2.84. The van der Waals surface area contributed by atoms with Crippen molar-refractivity contribution in [1.29, 1.82) is 0 Å². The molecule has 0 saturated carbocycles. The smallest absolute Gasteiger partial charge is 0.243 e. The predicted octanol–water partition coefficient (Wildman–Crippen LogP) is 0.834. The van der Waals surface area contributed by atoms with Crippen LogP contribution in [0, 0.1) is 0 Å². The Kier molecular flexibility index (Phi) is 6.36. The first kappa shape index (κ1) is 18.6. The van der Waals surface area contributed by atoms with Crippen molar-refractivity contribution < 1.29 is 16.8 Å². The van der Waals surface area contributed by atoms with E-state index in [1.807, 2.05) is 0 Å². The van der Waals surface area contributed by atoms with Crippen molar-refractivity contribution >= 4 is 35.8 Å². The molecular formula is C12H19BrN2O4S2. The molecule has 0 spiro atoms. The summed E-state index contributed by atoms with van der Waals surface area (Å²) in [5, 5.41) is 2.98. The van der Waals surface area contributed by atoms with Gasteiger partial charge in [-0.05, 0) is 40.7 Å². The van der Waals surface area contributed by atoms with Crippen molar-refractivity contribution in [3.8, 4) is 0 Å². The number of halogens is 1. The molecule has 0 heterocycles. The van der Waals surface area contributed by atoms with Crippen LogP contribution >= 0.6 is 15.9 Å². The molecule has 0 aliphatic rings. The Morgan fingerprint density at radius 2 is 1.86 bits per heavy atom. The van der Waals surface area contributed by atoms with Crippen molar-refractivity contribution in [2.75, 3.05) is 32.6 Å². The fourth-order valence-electron chi connectivity index (χ4n) is 1.65. The first-order chi connectivity index (χ1) is 9.58. The zero-order chi connectivity index (χ0) is 16.3. The molecule has 0 saturated heterocycles.